The Morgan fingerprint density at radius 3 is 2.38 bits per heavy atom. The minimum Gasteiger partial charge on any atom is -0.490 e. The van der Waals surface area contributed by atoms with Gasteiger partial charge in [-0.2, -0.15) is 0 Å². The molecule has 0 bridgehead atoms. The van der Waals surface area contributed by atoms with Crippen LogP contribution < -0.4 is 14.8 Å². The molecule has 0 aromatic heterocycles. The van der Waals surface area contributed by atoms with E-state index in [1.54, 1.807) is 0 Å². The number of nitrogens with one attached hydrogen (secondary N) is 1. The molecule has 0 atom stereocenters. The van der Waals surface area contributed by atoms with E-state index in [0.29, 0.717) is 13.2 Å². The maximum absolute atomic E-state index is 6.15. The minimum atomic E-state index is 0.524. The number of hydrogen-bond acceptors (Lipinski definition) is 3. The Morgan fingerprint density at radius 1 is 0.897 bits per heavy atom. The predicted octanol–water partition coefficient (Wildman–Crippen LogP) is 6.81. The van der Waals surface area contributed by atoms with Crippen molar-refractivity contribution in [2.75, 3.05) is 11.9 Å². The lowest BCUT2D eigenvalue weighted by atomic mass is 10.1. The normalized spacial score (nSPS) is 10.7. The lowest BCUT2D eigenvalue weighted by Crippen LogP contribution is -2.05. The molecule has 0 saturated carbocycles. The molecule has 0 aliphatic heterocycles. The molecule has 3 aromatic rings. The lowest BCUT2D eigenvalue weighted by Gasteiger charge is -2.17. The number of anilines is 1. The Balaban J connectivity index is 1.76. The topological polar surface area (TPSA) is 30.5 Å². The maximum atomic E-state index is 6.15. The summed E-state index contributed by atoms with van der Waals surface area (Å²) in [4.78, 5) is 0. The van der Waals surface area contributed by atoms with Crippen molar-refractivity contribution < 1.29 is 9.47 Å². The van der Waals surface area contributed by atoms with E-state index in [4.69, 9.17) is 9.47 Å². The molecule has 0 fully saturated rings. The lowest BCUT2D eigenvalue weighted by molar-refractivity contribution is 0.267. The Labute approximate surface area is 187 Å². The second-order valence-corrected chi connectivity index (χ2v) is 8.38. The average molecular weight is 501 g/mol. The van der Waals surface area contributed by atoms with Crippen molar-refractivity contribution in [1.82, 2.24) is 0 Å². The highest BCUT2D eigenvalue weighted by atomic mass is 127. The summed E-state index contributed by atoms with van der Waals surface area (Å²) in [5.74, 6) is 1.60. The van der Waals surface area contributed by atoms with Gasteiger partial charge in [0.15, 0.2) is 11.5 Å². The van der Waals surface area contributed by atoms with Crippen molar-refractivity contribution in [2.45, 2.75) is 40.8 Å². The number of rotatable bonds is 8. The molecular weight excluding hydrogens is 473 g/mol. The molecule has 0 radical (unpaired) electrons. The van der Waals surface area contributed by atoms with E-state index in [1.165, 1.54) is 22.3 Å². The summed E-state index contributed by atoms with van der Waals surface area (Å²) < 4.78 is 13.1. The fourth-order valence-electron chi connectivity index (χ4n) is 3.11. The second kappa shape index (κ2) is 10.0. The molecule has 0 aliphatic carbocycles. The highest BCUT2D eigenvalue weighted by Gasteiger charge is 2.13. The summed E-state index contributed by atoms with van der Waals surface area (Å²) in [6.45, 7) is 10.2. The van der Waals surface area contributed by atoms with Crippen molar-refractivity contribution in [2.24, 2.45) is 0 Å². The van der Waals surface area contributed by atoms with Crippen molar-refractivity contribution in [1.29, 1.82) is 0 Å². The van der Waals surface area contributed by atoms with Gasteiger partial charge >= 0.3 is 0 Å². The van der Waals surface area contributed by atoms with Crippen molar-refractivity contribution >= 4 is 28.3 Å². The quantitative estimate of drug-likeness (QED) is 0.344. The minimum absolute atomic E-state index is 0.524. The fraction of sp³-hybridized carbons (Fsp3) is 0.280. The van der Waals surface area contributed by atoms with E-state index in [2.05, 4.69) is 103 Å². The summed E-state index contributed by atoms with van der Waals surface area (Å²) >= 11 is 2.33. The third-order valence-electron chi connectivity index (χ3n) is 4.96. The van der Waals surface area contributed by atoms with E-state index in [0.717, 1.165) is 32.9 Å². The monoisotopic (exact) mass is 501 g/mol. The predicted molar refractivity (Wildman–Crippen MR) is 129 cm³/mol. The van der Waals surface area contributed by atoms with Gasteiger partial charge in [-0.05, 0) is 90.7 Å². The average Bonchev–Trinajstić information content (AvgIpc) is 2.70. The molecule has 0 spiro atoms. The Bertz CT molecular complexity index is 967. The van der Waals surface area contributed by atoms with Crippen LogP contribution in [0.2, 0.25) is 0 Å². The van der Waals surface area contributed by atoms with Crippen molar-refractivity contribution in [3.8, 4) is 11.5 Å². The smallest absolute Gasteiger partial charge is 0.174 e. The van der Waals surface area contributed by atoms with E-state index >= 15 is 0 Å². The van der Waals surface area contributed by atoms with Gasteiger partial charge in [0.1, 0.15) is 6.61 Å². The second-order valence-electron chi connectivity index (χ2n) is 7.21. The molecule has 152 valence electrons. The fourth-order valence-corrected chi connectivity index (χ4v) is 3.93. The first-order chi connectivity index (χ1) is 14.0. The van der Waals surface area contributed by atoms with Gasteiger partial charge in [0.2, 0.25) is 0 Å². The van der Waals surface area contributed by atoms with Crippen molar-refractivity contribution in [3.63, 3.8) is 0 Å². The number of benzene rings is 3. The Kier molecular flexibility index (Phi) is 7.42. The molecule has 1 N–H and O–H groups in total. The standard InChI is InChI=1S/C25H28INO2/c1-5-28-24-14-21(15-27-23-8-6-7-18(3)19(23)4)13-22(26)25(24)29-16-20-11-9-17(2)10-12-20/h6-14,27H,5,15-16H2,1-4H3. The molecule has 4 heteroatoms. The maximum Gasteiger partial charge on any atom is 0.174 e. The zero-order valence-electron chi connectivity index (χ0n) is 17.5. The molecule has 0 amide bonds. The van der Waals surface area contributed by atoms with Crippen LogP contribution in [0.1, 0.15) is 34.7 Å². The van der Waals surface area contributed by atoms with Gasteiger partial charge in [-0.15, -0.1) is 0 Å². The highest BCUT2D eigenvalue weighted by Crippen LogP contribution is 2.35. The van der Waals surface area contributed by atoms with Crippen LogP contribution in [-0.4, -0.2) is 6.61 Å². The van der Waals surface area contributed by atoms with Crippen LogP contribution in [0.3, 0.4) is 0 Å². The van der Waals surface area contributed by atoms with Crippen LogP contribution in [0.4, 0.5) is 5.69 Å². The summed E-state index contributed by atoms with van der Waals surface area (Å²) in [5.41, 5.74) is 7.30. The third-order valence-corrected chi connectivity index (χ3v) is 5.76. The molecule has 0 saturated heterocycles. The summed E-state index contributed by atoms with van der Waals surface area (Å²) in [7, 11) is 0. The summed E-state index contributed by atoms with van der Waals surface area (Å²) in [5, 5.41) is 3.55. The van der Waals surface area contributed by atoms with Gasteiger partial charge < -0.3 is 14.8 Å². The number of ether oxygens (including phenoxy) is 2. The Hall–Kier alpha value is -2.21. The van der Waals surface area contributed by atoms with Crippen LogP contribution in [0.25, 0.3) is 0 Å². The van der Waals surface area contributed by atoms with Gasteiger partial charge in [0.05, 0.1) is 10.2 Å². The first-order valence-electron chi connectivity index (χ1n) is 9.91. The van der Waals surface area contributed by atoms with Crippen LogP contribution in [0, 0.1) is 24.3 Å². The first kappa shape index (κ1) is 21.5. The van der Waals surface area contributed by atoms with E-state index in [9.17, 15) is 0 Å². The molecular formula is C25H28INO2. The molecule has 0 heterocycles. The highest BCUT2D eigenvalue weighted by molar-refractivity contribution is 14.1. The van der Waals surface area contributed by atoms with Gasteiger partial charge in [0.25, 0.3) is 0 Å². The number of halogens is 1. The van der Waals surface area contributed by atoms with E-state index in [1.807, 2.05) is 6.92 Å². The molecule has 0 aliphatic rings. The first-order valence-corrected chi connectivity index (χ1v) is 11.0. The Morgan fingerprint density at radius 2 is 1.66 bits per heavy atom. The SMILES string of the molecule is CCOc1cc(CNc2cccc(C)c2C)cc(I)c1OCc1ccc(C)cc1. The van der Waals surface area contributed by atoms with Gasteiger partial charge in [-0.25, -0.2) is 0 Å². The van der Waals surface area contributed by atoms with Gasteiger partial charge in [-0.1, -0.05) is 42.0 Å². The van der Waals surface area contributed by atoms with Crippen molar-refractivity contribution in [3.05, 3.63) is 86.0 Å². The largest absolute Gasteiger partial charge is 0.490 e. The summed E-state index contributed by atoms with van der Waals surface area (Å²) in [6.07, 6.45) is 0. The zero-order chi connectivity index (χ0) is 20.8. The molecule has 0 unspecified atom stereocenters. The van der Waals surface area contributed by atoms with E-state index < -0.39 is 0 Å². The van der Waals surface area contributed by atoms with Gasteiger partial charge in [0, 0.05) is 12.2 Å². The van der Waals surface area contributed by atoms with Gasteiger partial charge in [-0.3, -0.25) is 0 Å². The third kappa shape index (κ3) is 5.66. The number of aryl methyl sites for hydroxylation is 2. The van der Waals surface area contributed by atoms with Crippen LogP contribution in [-0.2, 0) is 13.2 Å². The van der Waals surface area contributed by atoms with Crippen LogP contribution >= 0.6 is 22.6 Å². The zero-order valence-corrected chi connectivity index (χ0v) is 19.7. The number of hydrogen-bond donors (Lipinski definition) is 1. The molecule has 3 nitrogen and oxygen atoms in total. The molecule has 3 rings (SSSR count). The summed E-state index contributed by atoms with van der Waals surface area (Å²) in [6, 6.07) is 19.0. The van der Waals surface area contributed by atoms with Crippen LogP contribution in [0.5, 0.6) is 11.5 Å². The molecule has 3 aromatic carbocycles. The molecule has 29 heavy (non-hydrogen) atoms. The van der Waals surface area contributed by atoms with Crippen LogP contribution in [0.15, 0.2) is 54.6 Å². The van der Waals surface area contributed by atoms with E-state index in [-0.39, 0.29) is 0 Å².